The molecule has 0 amide bonds. The van der Waals surface area contributed by atoms with Crippen LogP contribution in [0.1, 0.15) is 40.6 Å². The number of aryl methyl sites for hydroxylation is 3. The second-order valence-corrected chi connectivity index (χ2v) is 6.90. The van der Waals surface area contributed by atoms with Gasteiger partial charge in [0.15, 0.2) is 5.13 Å². The minimum absolute atomic E-state index is 0.686. The van der Waals surface area contributed by atoms with Gasteiger partial charge >= 0.3 is 0 Å². The van der Waals surface area contributed by atoms with Crippen molar-refractivity contribution in [2.24, 2.45) is 0 Å². The number of halogens is 1. The first-order valence-electron chi connectivity index (χ1n) is 6.51. The zero-order valence-corrected chi connectivity index (χ0v) is 14.0. The molecule has 1 heterocycles. The lowest BCUT2D eigenvalue weighted by Crippen LogP contribution is -1.98. The van der Waals surface area contributed by atoms with Crippen LogP contribution in [0.15, 0.2) is 16.6 Å². The zero-order chi connectivity index (χ0) is 14.0. The van der Waals surface area contributed by atoms with Crippen LogP contribution in [0, 0.1) is 13.8 Å². The maximum Gasteiger partial charge on any atom is 0.180 e. The summed E-state index contributed by atoms with van der Waals surface area (Å²) in [5, 5.41) is 0.686. The summed E-state index contributed by atoms with van der Waals surface area (Å²) in [6, 6.07) is 4.35. The van der Waals surface area contributed by atoms with Crippen LogP contribution in [0.25, 0.3) is 0 Å². The molecule has 1 aromatic heterocycles. The lowest BCUT2D eigenvalue weighted by molar-refractivity contribution is 0.878. The number of nitrogen functional groups attached to an aromatic ring is 1. The van der Waals surface area contributed by atoms with Crippen LogP contribution in [0.5, 0.6) is 0 Å². The van der Waals surface area contributed by atoms with E-state index in [1.165, 1.54) is 27.3 Å². The number of nitrogens with zero attached hydrogens (tertiary/aromatic N) is 1. The fourth-order valence-corrected chi connectivity index (χ4v) is 3.93. The molecule has 0 atom stereocenters. The van der Waals surface area contributed by atoms with Crippen molar-refractivity contribution in [3.05, 3.63) is 43.9 Å². The summed E-state index contributed by atoms with van der Waals surface area (Å²) in [5.74, 6) is 0. The highest BCUT2D eigenvalue weighted by Gasteiger charge is 2.12. The molecule has 0 aliphatic carbocycles. The van der Waals surface area contributed by atoms with Crippen LogP contribution in [-0.2, 0) is 12.8 Å². The van der Waals surface area contributed by atoms with Gasteiger partial charge in [-0.1, -0.05) is 29.3 Å². The van der Waals surface area contributed by atoms with Crippen molar-refractivity contribution in [3.63, 3.8) is 0 Å². The third-order valence-electron chi connectivity index (χ3n) is 3.28. The second-order valence-electron chi connectivity index (χ2n) is 4.87. The molecule has 0 spiro atoms. The van der Waals surface area contributed by atoms with Gasteiger partial charge in [0.1, 0.15) is 0 Å². The van der Waals surface area contributed by atoms with Crippen LogP contribution in [-0.4, -0.2) is 4.98 Å². The van der Waals surface area contributed by atoms with E-state index < -0.39 is 0 Å². The van der Waals surface area contributed by atoms with E-state index in [2.05, 4.69) is 53.8 Å². The molecule has 2 aromatic rings. The maximum atomic E-state index is 5.86. The van der Waals surface area contributed by atoms with Crippen molar-refractivity contribution in [1.29, 1.82) is 0 Å². The summed E-state index contributed by atoms with van der Waals surface area (Å²) >= 11 is 5.17. The Bertz CT molecular complexity index is 567. The van der Waals surface area contributed by atoms with Crippen LogP contribution in [0.4, 0.5) is 5.13 Å². The minimum Gasteiger partial charge on any atom is -0.375 e. The van der Waals surface area contributed by atoms with Crippen LogP contribution in [0.3, 0.4) is 0 Å². The average Bonchev–Trinajstić information content (AvgIpc) is 2.64. The van der Waals surface area contributed by atoms with Crippen molar-refractivity contribution in [2.45, 2.75) is 40.0 Å². The van der Waals surface area contributed by atoms with Crippen LogP contribution in [0.2, 0.25) is 0 Å². The summed E-state index contributed by atoms with van der Waals surface area (Å²) in [5.41, 5.74) is 11.1. The van der Waals surface area contributed by atoms with Gasteiger partial charge in [0, 0.05) is 15.8 Å². The van der Waals surface area contributed by atoms with E-state index in [1.807, 2.05) is 0 Å². The minimum atomic E-state index is 0.686. The first-order chi connectivity index (χ1) is 9.01. The molecule has 0 aliphatic rings. The first-order valence-corrected chi connectivity index (χ1v) is 8.12. The van der Waals surface area contributed by atoms with E-state index in [0.717, 1.165) is 23.7 Å². The summed E-state index contributed by atoms with van der Waals surface area (Å²) in [7, 11) is 0. The van der Waals surface area contributed by atoms with E-state index in [-0.39, 0.29) is 0 Å². The molecule has 0 unspecified atom stereocenters. The van der Waals surface area contributed by atoms with Gasteiger partial charge in [0.25, 0.3) is 0 Å². The highest BCUT2D eigenvalue weighted by molar-refractivity contribution is 9.10. The molecule has 4 heteroatoms. The Balaban J connectivity index is 2.36. The SMILES string of the molecule is CCCc1nc(N)sc1Cc1c(C)cc(Br)cc1C. The molecule has 2 nitrogen and oxygen atoms in total. The van der Waals surface area contributed by atoms with Crippen molar-refractivity contribution in [2.75, 3.05) is 5.73 Å². The molecule has 0 bridgehead atoms. The Hall–Kier alpha value is -0.870. The van der Waals surface area contributed by atoms with Gasteiger partial charge < -0.3 is 5.73 Å². The van der Waals surface area contributed by atoms with Crippen molar-refractivity contribution >= 4 is 32.4 Å². The molecule has 0 radical (unpaired) electrons. The summed E-state index contributed by atoms with van der Waals surface area (Å²) in [6.07, 6.45) is 3.06. The Kier molecular flexibility index (Phi) is 4.63. The number of benzene rings is 1. The summed E-state index contributed by atoms with van der Waals surface area (Å²) in [4.78, 5) is 5.77. The topological polar surface area (TPSA) is 38.9 Å². The lowest BCUT2D eigenvalue weighted by Gasteiger charge is -2.10. The fraction of sp³-hybridized carbons (Fsp3) is 0.400. The Morgan fingerprint density at radius 1 is 1.26 bits per heavy atom. The number of thiazole rings is 1. The summed E-state index contributed by atoms with van der Waals surface area (Å²) < 4.78 is 1.14. The Morgan fingerprint density at radius 3 is 2.47 bits per heavy atom. The quantitative estimate of drug-likeness (QED) is 0.881. The number of anilines is 1. The van der Waals surface area contributed by atoms with E-state index in [0.29, 0.717) is 5.13 Å². The predicted molar refractivity (Wildman–Crippen MR) is 86.9 cm³/mol. The molecule has 102 valence electrons. The number of hydrogen-bond donors (Lipinski definition) is 1. The highest BCUT2D eigenvalue weighted by Crippen LogP contribution is 2.28. The van der Waals surface area contributed by atoms with Crippen LogP contribution >= 0.6 is 27.3 Å². The van der Waals surface area contributed by atoms with Gasteiger partial charge in [0.2, 0.25) is 0 Å². The number of nitrogens with two attached hydrogens (primary N) is 1. The molecule has 1 aromatic carbocycles. The Morgan fingerprint density at radius 2 is 1.89 bits per heavy atom. The standard InChI is InChI=1S/C15H19BrN2S/c1-4-5-13-14(19-15(17)18-13)8-12-9(2)6-11(16)7-10(12)3/h6-7H,4-5,8H2,1-3H3,(H2,17,18). The van der Waals surface area contributed by atoms with Gasteiger partial charge in [-0.25, -0.2) is 4.98 Å². The zero-order valence-electron chi connectivity index (χ0n) is 11.6. The third kappa shape index (κ3) is 3.37. The molecule has 0 aliphatic heterocycles. The van der Waals surface area contributed by atoms with Gasteiger partial charge in [0.05, 0.1) is 5.69 Å². The Labute approximate surface area is 127 Å². The molecule has 2 rings (SSSR count). The van der Waals surface area contributed by atoms with Gasteiger partial charge in [-0.05, 0) is 49.1 Å². The molecule has 19 heavy (non-hydrogen) atoms. The second kappa shape index (κ2) is 6.06. The molecule has 0 saturated heterocycles. The normalized spacial score (nSPS) is 10.9. The average molecular weight is 339 g/mol. The molecular formula is C15H19BrN2S. The van der Waals surface area contributed by atoms with E-state index in [9.17, 15) is 0 Å². The molecule has 0 saturated carbocycles. The van der Waals surface area contributed by atoms with E-state index in [1.54, 1.807) is 11.3 Å². The van der Waals surface area contributed by atoms with Crippen molar-refractivity contribution in [3.8, 4) is 0 Å². The highest BCUT2D eigenvalue weighted by atomic mass is 79.9. The van der Waals surface area contributed by atoms with Gasteiger partial charge in [-0.2, -0.15) is 0 Å². The van der Waals surface area contributed by atoms with Crippen molar-refractivity contribution < 1.29 is 0 Å². The van der Waals surface area contributed by atoms with Gasteiger partial charge in [-0.3, -0.25) is 0 Å². The van der Waals surface area contributed by atoms with Gasteiger partial charge in [-0.15, -0.1) is 11.3 Å². The van der Waals surface area contributed by atoms with E-state index >= 15 is 0 Å². The van der Waals surface area contributed by atoms with Crippen LogP contribution < -0.4 is 5.73 Å². The third-order valence-corrected chi connectivity index (χ3v) is 4.66. The maximum absolute atomic E-state index is 5.86. The monoisotopic (exact) mass is 338 g/mol. The lowest BCUT2D eigenvalue weighted by atomic mass is 9.98. The largest absolute Gasteiger partial charge is 0.375 e. The smallest absolute Gasteiger partial charge is 0.180 e. The molecule has 2 N–H and O–H groups in total. The fourth-order valence-electron chi connectivity index (χ4n) is 2.35. The number of rotatable bonds is 4. The predicted octanol–water partition coefficient (Wildman–Crippen LogP) is 4.65. The first kappa shape index (κ1) is 14.5. The number of aromatic nitrogens is 1. The number of hydrogen-bond acceptors (Lipinski definition) is 3. The summed E-state index contributed by atoms with van der Waals surface area (Å²) in [6.45, 7) is 6.50. The molecular weight excluding hydrogens is 320 g/mol. The van der Waals surface area contributed by atoms with Crippen molar-refractivity contribution in [1.82, 2.24) is 4.98 Å². The van der Waals surface area contributed by atoms with E-state index in [4.69, 9.17) is 5.73 Å². The molecule has 0 fully saturated rings.